The Morgan fingerprint density at radius 3 is 2.76 bits per heavy atom. The molecule has 21 heavy (non-hydrogen) atoms. The second-order valence-electron chi connectivity index (χ2n) is 5.08. The second-order valence-corrected chi connectivity index (χ2v) is 5.48. The van der Waals surface area contributed by atoms with Crippen LogP contribution in [-0.2, 0) is 4.79 Å². The first-order chi connectivity index (χ1) is 9.93. The van der Waals surface area contributed by atoms with Crippen molar-refractivity contribution >= 4 is 23.5 Å². The molecule has 1 aromatic rings. The van der Waals surface area contributed by atoms with Crippen LogP contribution >= 0.6 is 11.6 Å². The van der Waals surface area contributed by atoms with E-state index < -0.39 is 11.9 Å². The molecule has 1 aliphatic heterocycles. The van der Waals surface area contributed by atoms with E-state index in [2.05, 4.69) is 4.98 Å². The molecule has 0 aromatic carbocycles. The summed E-state index contributed by atoms with van der Waals surface area (Å²) >= 11 is 6.01. The molecule has 0 radical (unpaired) electrons. The molecule has 1 aliphatic rings. The van der Waals surface area contributed by atoms with E-state index in [-0.39, 0.29) is 29.3 Å². The van der Waals surface area contributed by atoms with Crippen molar-refractivity contribution < 1.29 is 19.4 Å². The summed E-state index contributed by atoms with van der Waals surface area (Å²) in [5.41, 5.74) is 0.335. The predicted molar refractivity (Wildman–Crippen MR) is 76.6 cm³/mol. The van der Waals surface area contributed by atoms with Gasteiger partial charge in [-0.1, -0.05) is 18.5 Å². The van der Waals surface area contributed by atoms with E-state index in [1.807, 2.05) is 13.8 Å². The average molecular weight is 313 g/mol. The third-order valence-electron chi connectivity index (χ3n) is 3.55. The molecule has 1 amide bonds. The Morgan fingerprint density at radius 1 is 1.52 bits per heavy atom. The lowest BCUT2D eigenvalue weighted by atomic mass is 9.99. The molecule has 0 unspecified atom stereocenters. The number of nitrogens with zero attached hydrogens (tertiary/aromatic N) is 2. The van der Waals surface area contributed by atoms with Gasteiger partial charge in [0.1, 0.15) is 5.02 Å². The summed E-state index contributed by atoms with van der Waals surface area (Å²) in [4.78, 5) is 29.0. The number of hydrogen-bond donors (Lipinski definition) is 1. The lowest BCUT2D eigenvalue weighted by Crippen LogP contribution is -2.30. The molecule has 0 aliphatic carbocycles. The zero-order valence-corrected chi connectivity index (χ0v) is 12.6. The number of aliphatic carboxylic acids is 1. The second kappa shape index (κ2) is 6.30. The van der Waals surface area contributed by atoms with Gasteiger partial charge in [-0.3, -0.25) is 9.59 Å². The summed E-state index contributed by atoms with van der Waals surface area (Å²) in [6, 6.07) is 1.50. The number of pyridine rings is 1. The number of carbonyl (C=O) groups excluding carboxylic acids is 1. The number of carboxylic acid groups (broad SMARTS) is 1. The Bertz CT molecular complexity index is 564. The van der Waals surface area contributed by atoms with E-state index in [9.17, 15) is 9.59 Å². The maximum atomic E-state index is 12.4. The van der Waals surface area contributed by atoms with Gasteiger partial charge >= 0.3 is 5.97 Å². The van der Waals surface area contributed by atoms with Crippen LogP contribution < -0.4 is 4.74 Å². The molecule has 0 spiro atoms. The number of likely N-dealkylation sites (tertiary alicyclic amines) is 1. The van der Waals surface area contributed by atoms with Gasteiger partial charge in [0.2, 0.25) is 5.88 Å². The van der Waals surface area contributed by atoms with E-state index >= 15 is 0 Å². The summed E-state index contributed by atoms with van der Waals surface area (Å²) in [6.07, 6.45) is 1.40. The van der Waals surface area contributed by atoms with Crippen molar-refractivity contribution in [2.45, 2.75) is 13.8 Å². The van der Waals surface area contributed by atoms with Crippen molar-refractivity contribution in [2.75, 3.05) is 19.7 Å². The minimum atomic E-state index is -0.874. The van der Waals surface area contributed by atoms with E-state index in [1.54, 1.807) is 0 Å². The molecular formula is C14H17ClN2O4. The summed E-state index contributed by atoms with van der Waals surface area (Å²) < 4.78 is 5.22. The topological polar surface area (TPSA) is 79.7 Å². The normalized spacial score (nSPS) is 21.4. The molecule has 6 nitrogen and oxygen atoms in total. The number of halogens is 1. The van der Waals surface area contributed by atoms with Gasteiger partial charge in [-0.15, -0.1) is 0 Å². The number of rotatable bonds is 4. The average Bonchev–Trinajstić information content (AvgIpc) is 2.82. The van der Waals surface area contributed by atoms with Crippen molar-refractivity contribution in [3.05, 3.63) is 22.8 Å². The van der Waals surface area contributed by atoms with Crippen LogP contribution in [0.3, 0.4) is 0 Å². The molecule has 1 saturated heterocycles. The fourth-order valence-corrected chi connectivity index (χ4v) is 2.64. The van der Waals surface area contributed by atoms with E-state index in [1.165, 1.54) is 17.2 Å². The zero-order valence-electron chi connectivity index (χ0n) is 11.9. The fourth-order valence-electron chi connectivity index (χ4n) is 2.42. The van der Waals surface area contributed by atoms with Gasteiger partial charge in [-0.25, -0.2) is 4.98 Å². The zero-order chi connectivity index (χ0) is 15.6. The maximum Gasteiger partial charge on any atom is 0.308 e. The van der Waals surface area contributed by atoms with Crippen LogP contribution in [0.2, 0.25) is 5.02 Å². The number of carboxylic acids is 1. The molecule has 1 fully saturated rings. The monoisotopic (exact) mass is 312 g/mol. The van der Waals surface area contributed by atoms with Crippen LogP contribution in [0, 0.1) is 11.8 Å². The molecule has 7 heteroatoms. The van der Waals surface area contributed by atoms with Gasteiger partial charge in [0.05, 0.1) is 18.1 Å². The van der Waals surface area contributed by atoms with Crippen LogP contribution in [0.4, 0.5) is 0 Å². The Morgan fingerprint density at radius 2 is 2.24 bits per heavy atom. The number of hydrogen-bond acceptors (Lipinski definition) is 4. The summed E-state index contributed by atoms with van der Waals surface area (Å²) in [6.45, 7) is 4.70. The highest BCUT2D eigenvalue weighted by Gasteiger charge is 2.37. The molecule has 2 atom stereocenters. The smallest absolute Gasteiger partial charge is 0.308 e. The summed E-state index contributed by atoms with van der Waals surface area (Å²) in [5.74, 6) is -1.45. The first-order valence-electron chi connectivity index (χ1n) is 6.74. The van der Waals surface area contributed by atoms with Crippen LogP contribution in [0.25, 0.3) is 0 Å². The molecule has 2 rings (SSSR count). The van der Waals surface area contributed by atoms with Gasteiger partial charge in [-0.05, 0) is 18.9 Å². The third kappa shape index (κ3) is 3.26. The maximum absolute atomic E-state index is 12.4. The number of ether oxygens (including phenoxy) is 1. The molecular weight excluding hydrogens is 296 g/mol. The number of carbonyl (C=O) groups is 2. The quantitative estimate of drug-likeness (QED) is 0.919. The highest BCUT2D eigenvalue weighted by Crippen LogP contribution is 2.27. The van der Waals surface area contributed by atoms with Crippen molar-refractivity contribution in [2.24, 2.45) is 11.8 Å². The highest BCUT2D eigenvalue weighted by molar-refractivity contribution is 6.32. The SMILES string of the molecule is CCOc1ncc(C(=O)N2C[C@@H](C)[C@H](C(=O)O)C2)cc1Cl. The van der Waals surface area contributed by atoms with Crippen molar-refractivity contribution in [1.29, 1.82) is 0 Å². The molecule has 1 N–H and O–H groups in total. The number of amides is 1. The third-order valence-corrected chi connectivity index (χ3v) is 3.82. The predicted octanol–water partition coefficient (Wildman–Crippen LogP) is 1.93. The minimum Gasteiger partial charge on any atom is -0.481 e. The Labute approximate surface area is 127 Å². The van der Waals surface area contributed by atoms with Gasteiger partial charge in [-0.2, -0.15) is 0 Å². The molecule has 2 heterocycles. The lowest BCUT2D eigenvalue weighted by molar-refractivity contribution is -0.142. The van der Waals surface area contributed by atoms with E-state index in [4.69, 9.17) is 21.4 Å². The first-order valence-corrected chi connectivity index (χ1v) is 7.12. The Kier molecular flexibility index (Phi) is 4.67. The van der Waals surface area contributed by atoms with Gasteiger partial charge in [0.25, 0.3) is 5.91 Å². The largest absolute Gasteiger partial charge is 0.481 e. The standard InChI is InChI=1S/C14H17ClN2O4/c1-3-21-12-11(15)4-9(5-16-12)13(18)17-6-8(2)10(7-17)14(19)20/h4-5,8,10H,3,6-7H2,1-2H3,(H,19,20)/t8-,10-/m1/s1. The molecule has 0 bridgehead atoms. The lowest BCUT2D eigenvalue weighted by Gasteiger charge is -2.16. The summed E-state index contributed by atoms with van der Waals surface area (Å²) in [7, 11) is 0. The van der Waals surface area contributed by atoms with Gasteiger partial charge in [0.15, 0.2) is 0 Å². The molecule has 114 valence electrons. The van der Waals surface area contributed by atoms with Gasteiger partial charge < -0.3 is 14.7 Å². The summed E-state index contributed by atoms with van der Waals surface area (Å²) in [5, 5.41) is 9.37. The van der Waals surface area contributed by atoms with Crippen LogP contribution in [0.15, 0.2) is 12.3 Å². The van der Waals surface area contributed by atoms with Crippen LogP contribution in [-0.4, -0.2) is 46.6 Å². The van der Waals surface area contributed by atoms with Crippen LogP contribution in [0.5, 0.6) is 5.88 Å². The fraction of sp³-hybridized carbons (Fsp3) is 0.500. The highest BCUT2D eigenvalue weighted by atomic mass is 35.5. The Hall–Kier alpha value is -1.82. The Balaban J connectivity index is 2.14. The van der Waals surface area contributed by atoms with Crippen molar-refractivity contribution in [3.63, 3.8) is 0 Å². The first kappa shape index (κ1) is 15.6. The molecule has 0 saturated carbocycles. The van der Waals surface area contributed by atoms with Crippen LogP contribution in [0.1, 0.15) is 24.2 Å². The minimum absolute atomic E-state index is 0.0717. The molecule has 1 aromatic heterocycles. The van der Waals surface area contributed by atoms with Crippen molar-refractivity contribution in [1.82, 2.24) is 9.88 Å². The van der Waals surface area contributed by atoms with E-state index in [0.717, 1.165) is 0 Å². The van der Waals surface area contributed by atoms with E-state index in [0.29, 0.717) is 18.7 Å². The van der Waals surface area contributed by atoms with Gasteiger partial charge in [0, 0.05) is 19.3 Å². The number of aromatic nitrogens is 1. The van der Waals surface area contributed by atoms with Crippen molar-refractivity contribution in [3.8, 4) is 5.88 Å².